The summed E-state index contributed by atoms with van der Waals surface area (Å²) >= 11 is 7.38. The molecule has 1 atom stereocenters. The lowest BCUT2D eigenvalue weighted by Crippen LogP contribution is -2.07. The highest BCUT2D eigenvalue weighted by atomic mass is 35.5. The molecule has 0 aliphatic carbocycles. The lowest BCUT2D eigenvalue weighted by molar-refractivity contribution is 0.617. The molecule has 84 valence electrons. The SMILES string of the molecule is CC(CCN)SCc1cccc(Cl)c1F. The standard InChI is InChI=1S/C11H15ClFNS/c1-8(5-6-14)15-7-9-3-2-4-10(12)11(9)13/h2-4,8H,5-7,14H2,1H3. The van der Waals surface area contributed by atoms with Crippen LogP contribution in [-0.4, -0.2) is 11.8 Å². The van der Waals surface area contributed by atoms with Gasteiger partial charge in [0.15, 0.2) is 0 Å². The Labute approximate surface area is 99.2 Å². The van der Waals surface area contributed by atoms with E-state index in [0.717, 1.165) is 6.42 Å². The molecule has 0 spiro atoms. The van der Waals surface area contributed by atoms with Gasteiger partial charge in [-0.1, -0.05) is 30.7 Å². The molecule has 0 amide bonds. The van der Waals surface area contributed by atoms with Crippen molar-refractivity contribution in [1.82, 2.24) is 0 Å². The molecule has 1 aromatic carbocycles. The van der Waals surface area contributed by atoms with Crippen molar-refractivity contribution in [2.45, 2.75) is 24.3 Å². The Morgan fingerprint density at radius 2 is 2.27 bits per heavy atom. The fourth-order valence-corrected chi connectivity index (χ4v) is 2.39. The molecule has 0 bridgehead atoms. The van der Waals surface area contributed by atoms with E-state index in [1.54, 1.807) is 30.0 Å². The summed E-state index contributed by atoms with van der Waals surface area (Å²) in [6.45, 7) is 2.77. The van der Waals surface area contributed by atoms with Crippen LogP contribution in [-0.2, 0) is 5.75 Å². The van der Waals surface area contributed by atoms with Crippen molar-refractivity contribution in [3.05, 3.63) is 34.6 Å². The third-order valence-corrected chi connectivity index (χ3v) is 3.70. The largest absolute Gasteiger partial charge is 0.330 e. The summed E-state index contributed by atoms with van der Waals surface area (Å²) in [7, 11) is 0. The fraction of sp³-hybridized carbons (Fsp3) is 0.455. The van der Waals surface area contributed by atoms with Crippen molar-refractivity contribution in [2.75, 3.05) is 6.54 Å². The van der Waals surface area contributed by atoms with Gasteiger partial charge in [-0.15, -0.1) is 0 Å². The molecule has 0 saturated heterocycles. The highest BCUT2D eigenvalue weighted by Gasteiger charge is 2.08. The molecular formula is C11H15ClFNS. The van der Waals surface area contributed by atoms with Crippen LogP contribution in [0, 0.1) is 5.82 Å². The third kappa shape index (κ3) is 4.01. The molecule has 0 aliphatic heterocycles. The van der Waals surface area contributed by atoms with Gasteiger partial charge in [0.1, 0.15) is 5.82 Å². The van der Waals surface area contributed by atoms with E-state index in [1.807, 2.05) is 0 Å². The highest BCUT2D eigenvalue weighted by Crippen LogP contribution is 2.24. The summed E-state index contributed by atoms with van der Waals surface area (Å²) in [5.41, 5.74) is 6.11. The molecular weight excluding hydrogens is 233 g/mol. The van der Waals surface area contributed by atoms with Gasteiger partial charge in [-0.2, -0.15) is 11.8 Å². The second-order valence-electron chi connectivity index (χ2n) is 3.41. The van der Waals surface area contributed by atoms with E-state index >= 15 is 0 Å². The van der Waals surface area contributed by atoms with Crippen LogP contribution >= 0.6 is 23.4 Å². The molecule has 1 unspecified atom stereocenters. The number of hydrogen-bond donors (Lipinski definition) is 1. The maximum absolute atomic E-state index is 13.5. The first-order valence-electron chi connectivity index (χ1n) is 4.89. The van der Waals surface area contributed by atoms with Gasteiger partial charge in [0.05, 0.1) is 5.02 Å². The zero-order chi connectivity index (χ0) is 11.3. The first kappa shape index (κ1) is 12.8. The van der Waals surface area contributed by atoms with Gasteiger partial charge >= 0.3 is 0 Å². The van der Waals surface area contributed by atoms with Crippen LogP contribution in [0.1, 0.15) is 18.9 Å². The Morgan fingerprint density at radius 1 is 1.53 bits per heavy atom. The molecule has 0 radical (unpaired) electrons. The van der Waals surface area contributed by atoms with E-state index in [2.05, 4.69) is 6.92 Å². The van der Waals surface area contributed by atoms with Gasteiger partial charge in [-0.05, 0) is 24.6 Å². The number of halogens is 2. The van der Waals surface area contributed by atoms with Crippen molar-refractivity contribution in [2.24, 2.45) is 5.73 Å². The first-order chi connectivity index (χ1) is 7.15. The van der Waals surface area contributed by atoms with Gasteiger partial charge in [0, 0.05) is 11.0 Å². The average Bonchev–Trinajstić information content (AvgIpc) is 2.21. The molecule has 2 N–H and O–H groups in total. The number of rotatable bonds is 5. The lowest BCUT2D eigenvalue weighted by Gasteiger charge is -2.10. The molecule has 15 heavy (non-hydrogen) atoms. The minimum atomic E-state index is -0.299. The quantitative estimate of drug-likeness (QED) is 0.863. The summed E-state index contributed by atoms with van der Waals surface area (Å²) in [5.74, 6) is 0.347. The highest BCUT2D eigenvalue weighted by molar-refractivity contribution is 7.99. The fourth-order valence-electron chi connectivity index (χ4n) is 1.21. The molecule has 4 heteroatoms. The Hall–Kier alpha value is -0.250. The van der Waals surface area contributed by atoms with Gasteiger partial charge in [0.2, 0.25) is 0 Å². The Morgan fingerprint density at radius 3 is 2.93 bits per heavy atom. The van der Waals surface area contributed by atoms with Crippen LogP contribution in [0.2, 0.25) is 5.02 Å². The average molecular weight is 248 g/mol. The molecule has 0 saturated carbocycles. The molecule has 1 aromatic rings. The normalized spacial score (nSPS) is 12.8. The predicted octanol–water partition coefficient (Wildman–Crippen LogP) is 3.45. The topological polar surface area (TPSA) is 26.0 Å². The Kier molecular flexibility index (Phi) is 5.43. The van der Waals surface area contributed by atoms with Crippen molar-refractivity contribution >= 4 is 23.4 Å². The maximum Gasteiger partial charge on any atom is 0.145 e. The van der Waals surface area contributed by atoms with E-state index < -0.39 is 0 Å². The van der Waals surface area contributed by atoms with E-state index in [4.69, 9.17) is 17.3 Å². The van der Waals surface area contributed by atoms with Crippen molar-refractivity contribution in [3.8, 4) is 0 Å². The smallest absolute Gasteiger partial charge is 0.145 e. The number of benzene rings is 1. The molecule has 0 fully saturated rings. The minimum Gasteiger partial charge on any atom is -0.330 e. The van der Waals surface area contributed by atoms with E-state index in [-0.39, 0.29) is 10.8 Å². The number of nitrogens with two attached hydrogens (primary N) is 1. The Bertz CT molecular complexity index is 319. The molecule has 1 nitrogen and oxygen atoms in total. The van der Waals surface area contributed by atoms with E-state index in [1.165, 1.54) is 0 Å². The van der Waals surface area contributed by atoms with Gasteiger partial charge in [0.25, 0.3) is 0 Å². The van der Waals surface area contributed by atoms with Crippen LogP contribution < -0.4 is 5.73 Å². The minimum absolute atomic E-state index is 0.194. The molecule has 0 aromatic heterocycles. The second-order valence-corrected chi connectivity index (χ2v) is 5.25. The van der Waals surface area contributed by atoms with Crippen LogP contribution in [0.4, 0.5) is 4.39 Å². The summed E-state index contributed by atoms with van der Waals surface area (Å²) in [5, 5.41) is 0.646. The molecule has 0 aliphatic rings. The van der Waals surface area contributed by atoms with Crippen molar-refractivity contribution in [3.63, 3.8) is 0 Å². The summed E-state index contributed by atoms with van der Waals surface area (Å²) < 4.78 is 13.5. The van der Waals surface area contributed by atoms with Crippen molar-refractivity contribution < 1.29 is 4.39 Å². The predicted molar refractivity (Wildman–Crippen MR) is 65.8 cm³/mol. The van der Waals surface area contributed by atoms with Gasteiger partial charge in [-0.25, -0.2) is 4.39 Å². The Balaban J connectivity index is 2.54. The maximum atomic E-state index is 13.5. The van der Waals surface area contributed by atoms with E-state index in [9.17, 15) is 4.39 Å². The first-order valence-corrected chi connectivity index (χ1v) is 6.32. The van der Waals surface area contributed by atoms with Crippen LogP contribution in [0.15, 0.2) is 18.2 Å². The monoisotopic (exact) mass is 247 g/mol. The van der Waals surface area contributed by atoms with Crippen LogP contribution in [0.25, 0.3) is 0 Å². The zero-order valence-electron chi connectivity index (χ0n) is 8.67. The number of thioether (sulfide) groups is 1. The molecule has 0 heterocycles. The third-order valence-electron chi connectivity index (χ3n) is 2.13. The second kappa shape index (κ2) is 6.36. The van der Waals surface area contributed by atoms with Gasteiger partial charge in [-0.3, -0.25) is 0 Å². The molecule has 1 rings (SSSR count). The van der Waals surface area contributed by atoms with Crippen LogP contribution in [0.3, 0.4) is 0 Å². The van der Waals surface area contributed by atoms with Crippen LogP contribution in [0.5, 0.6) is 0 Å². The lowest BCUT2D eigenvalue weighted by atomic mass is 10.2. The van der Waals surface area contributed by atoms with Gasteiger partial charge < -0.3 is 5.73 Å². The van der Waals surface area contributed by atoms with Crippen molar-refractivity contribution in [1.29, 1.82) is 0 Å². The zero-order valence-corrected chi connectivity index (χ0v) is 10.2. The van der Waals surface area contributed by atoms with E-state index in [0.29, 0.717) is 23.1 Å². The summed E-state index contributed by atoms with van der Waals surface area (Å²) in [6.07, 6.45) is 0.951. The summed E-state index contributed by atoms with van der Waals surface area (Å²) in [6, 6.07) is 5.10. The number of hydrogen-bond acceptors (Lipinski definition) is 2. The summed E-state index contributed by atoms with van der Waals surface area (Å²) in [4.78, 5) is 0.